The highest BCUT2D eigenvalue weighted by molar-refractivity contribution is 5.99. The summed E-state index contributed by atoms with van der Waals surface area (Å²) in [6.07, 6.45) is 0.525. The Morgan fingerprint density at radius 3 is 2.50 bits per heavy atom. The summed E-state index contributed by atoms with van der Waals surface area (Å²) in [7, 11) is 1.62. The number of aromatic nitrogens is 1. The second kappa shape index (κ2) is 8.10. The summed E-state index contributed by atoms with van der Waals surface area (Å²) in [5, 5.41) is 11.4. The van der Waals surface area contributed by atoms with Gasteiger partial charge in [0.05, 0.1) is 17.9 Å². The number of hydrogen-bond acceptors (Lipinski definition) is 4. The van der Waals surface area contributed by atoms with Crippen LogP contribution in [-0.4, -0.2) is 27.9 Å². The molecular formula is C26H29NO5. The van der Waals surface area contributed by atoms with Crippen molar-refractivity contribution in [3.63, 3.8) is 0 Å². The van der Waals surface area contributed by atoms with Gasteiger partial charge in [-0.3, -0.25) is 4.79 Å². The Kier molecular flexibility index (Phi) is 5.59. The zero-order valence-electron chi connectivity index (χ0n) is 19.2. The molecule has 0 fully saturated rings. The summed E-state index contributed by atoms with van der Waals surface area (Å²) in [4.78, 5) is 25.7. The highest BCUT2D eigenvalue weighted by Crippen LogP contribution is 2.41. The Bertz CT molecular complexity index is 1270. The summed E-state index contributed by atoms with van der Waals surface area (Å²) in [6, 6.07) is 11.3. The van der Waals surface area contributed by atoms with E-state index in [1.807, 2.05) is 58.0 Å². The normalized spacial score (nSPS) is 14.7. The van der Waals surface area contributed by atoms with Crippen LogP contribution in [0.4, 0.5) is 0 Å². The summed E-state index contributed by atoms with van der Waals surface area (Å²) >= 11 is 0. The molecule has 0 spiro atoms. The van der Waals surface area contributed by atoms with Gasteiger partial charge in [0.25, 0.3) is 5.56 Å². The van der Waals surface area contributed by atoms with E-state index in [1.54, 1.807) is 13.1 Å². The molecule has 0 saturated carbocycles. The molecule has 6 nitrogen and oxygen atoms in total. The second-order valence-electron chi connectivity index (χ2n) is 9.29. The number of carboxylic acid groups (broad SMARTS) is 1. The number of hydrogen-bond donors (Lipinski definition) is 1. The molecule has 1 aliphatic rings. The van der Waals surface area contributed by atoms with E-state index >= 15 is 0 Å². The SMILES string of the molecule is Cc1c(-c2c([C@H](OC(C)(C)C)C(=O)O)n(C)c(=O)c3ccccc23)ccc2c1CCCO2. The van der Waals surface area contributed by atoms with Gasteiger partial charge < -0.3 is 19.1 Å². The van der Waals surface area contributed by atoms with Crippen molar-refractivity contribution in [2.75, 3.05) is 6.61 Å². The van der Waals surface area contributed by atoms with Gasteiger partial charge in [-0.2, -0.15) is 0 Å². The standard InChI is InChI=1S/C26H29NO5/c1-15-16-11-8-14-31-20(16)13-12-17(15)21-18-9-6-7-10-19(18)24(28)27(5)22(21)23(25(29)30)32-26(2,3)4/h6-7,9-10,12-13,23H,8,11,14H2,1-5H3,(H,29,30)/t23-/m0/s1. The van der Waals surface area contributed by atoms with Crippen LogP contribution in [0, 0.1) is 6.92 Å². The number of ether oxygens (including phenoxy) is 2. The lowest BCUT2D eigenvalue weighted by molar-refractivity contribution is -0.161. The quantitative estimate of drug-likeness (QED) is 0.638. The lowest BCUT2D eigenvalue weighted by Crippen LogP contribution is -2.33. The predicted molar refractivity (Wildman–Crippen MR) is 124 cm³/mol. The fourth-order valence-corrected chi connectivity index (χ4v) is 4.53. The van der Waals surface area contributed by atoms with E-state index in [9.17, 15) is 14.7 Å². The Hall–Kier alpha value is -3.12. The fraction of sp³-hybridized carbons (Fsp3) is 0.385. The molecule has 0 saturated heterocycles. The number of pyridine rings is 1. The Morgan fingerprint density at radius 1 is 1.16 bits per heavy atom. The maximum atomic E-state index is 13.2. The molecule has 32 heavy (non-hydrogen) atoms. The van der Waals surface area contributed by atoms with Crippen molar-refractivity contribution in [3.05, 3.63) is 63.6 Å². The van der Waals surface area contributed by atoms with E-state index < -0.39 is 17.7 Å². The first-order chi connectivity index (χ1) is 15.1. The molecule has 4 rings (SSSR count). The van der Waals surface area contributed by atoms with Crippen LogP contribution in [0.2, 0.25) is 0 Å². The van der Waals surface area contributed by atoms with Crippen LogP contribution < -0.4 is 10.3 Å². The number of rotatable bonds is 4. The van der Waals surface area contributed by atoms with Crippen molar-refractivity contribution in [3.8, 4) is 16.9 Å². The average Bonchev–Trinajstić information content (AvgIpc) is 2.75. The van der Waals surface area contributed by atoms with E-state index in [2.05, 4.69) is 0 Å². The van der Waals surface area contributed by atoms with E-state index in [4.69, 9.17) is 9.47 Å². The third kappa shape index (κ3) is 3.79. The molecule has 0 amide bonds. The van der Waals surface area contributed by atoms with E-state index in [-0.39, 0.29) is 5.56 Å². The zero-order valence-corrected chi connectivity index (χ0v) is 19.2. The van der Waals surface area contributed by atoms with E-state index in [0.29, 0.717) is 28.6 Å². The Morgan fingerprint density at radius 2 is 1.84 bits per heavy atom. The maximum Gasteiger partial charge on any atom is 0.339 e. The minimum atomic E-state index is -1.31. The number of fused-ring (bicyclic) bond motifs is 2. The molecule has 168 valence electrons. The Labute approximate surface area is 187 Å². The summed E-state index contributed by atoms with van der Waals surface area (Å²) in [6.45, 7) is 8.16. The van der Waals surface area contributed by atoms with Crippen molar-refractivity contribution >= 4 is 16.7 Å². The maximum absolute atomic E-state index is 13.2. The van der Waals surface area contributed by atoms with E-state index in [1.165, 1.54) is 4.57 Å². The molecule has 1 aliphatic heterocycles. The summed E-state index contributed by atoms with van der Waals surface area (Å²) in [5.41, 5.74) is 3.14. The van der Waals surface area contributed by atoms with E-state index in [0.717, 1.165) is 35.3 Å². The number of carbonyl (C=O) groups is 1. The largest absolute Gasteiger partial charge is 0.493 e. The van der Waals surface area contributed by atoms with Gasteiger partial charge in [0, 0.05) is 18.0 Å². The van der Waals surface area contributed by atoms with Crippen LogP contribution in [-0.2, 0) is 23.0 Å². The van der Waals surface area contributed by atoms with Crippen LogP contribution in [0.5, 0.6) is 5.75 Å². The van der Waals surface area contributed by atoms with Gasteiger partial charge >= 0.3 is 5.97 Å². The van der Waals surface area contributed by atoms with Gasteiger partial charge in [0.15, 0.2) is 6.10 Å². The van der Waals surface area contributed by atoms with Crippen LogP contribution in [0.15, 0.2) is 41.2 Å². The molecule has 6 heteroatoms. The Balaban J connectivity index is 2.12. The van der Waals surface area contributed by atoms with Crippen LogP contribution in [0.3, 0.4) is 0 Å². The monoisotopic (exact) mass is 435 g/mol. The highest BCUT2D eigenvalue weighted by atomic mass is 16.5. The van der Waals surface area contributed by atoms with Gasteiger partial charge in [-0.05, 0) is 74.7 Å². The van der Waals surface area contributed by atoms with Gasteiger partial charge in [0.2, 0.25) is 0 Å². The minimum absolute atomic E-state index is 0.248. The second-order valence-corrected chi connectivity index (χ2v) is 9.29. The first-order valence-corrected chi connectivity index (χ1v) is 10.9. The molecule has 2 heterocycles. The molecule has 0 radical (unpaired) electrons. The average molecular weight is 436 g/mol. The predicted octanol–water partition coefficient (Wildman–Crippen LogP) is 4.78. The summed E-state index contributed by atoms with van der Waals surface area (Å²) in [5.74, 6) is -0.265. The zero-order chi connectivity index (χ0) is 23.2. The smallest absolute Gasteiger partial charge is 0.339 e. The third-order valence-corrected chi connectivity index (χ3v) is 5.95. The highest BCUT2D eigenvalue weighted by Gasteiger charge is 2.33. The first-order valence-electron chi connectivity index (χ1n) is 10.9. The fourth-order valence-electron chi connectivity index (χ4n) is 4.53. The van der Waals surface area contributed by atoms with Crippen LogP contribution >= 0.6 is 0 Å². The lowest BCUT2D eigenvalue weighted by atomic mass is 9.88. The van der Waals surface area contributed by atoms with Crippen molar-refractivity contribution < 1.29 is 19.4 Å². The molecule has 2 aromatic carbocycles. The topological polar surface area (TPSA) is 77.8 Å². The lowest BCUT2D eigenvalue weighted by Gasteiger charge is -2.29. The molecule has 3 aromatic rings. The number of nitrogens with zero attached hydrogens (tertiary/aromatic N) is 1. The third-order valence-electron chi connectivity index (χ3n) is 5.95. The molecule has 1 atom stereocenters. The minimum Gasteiger partial charge on any atom is -0.493 e. The molecule has 0 bridgehead atoms. The van der Waals surface area contributed by atoms with Crippen LogP contribution in [0.1, 0.15) is 50.1 Å². The number of aliphatic carboxylic acids is 1. The number of benzene rings is 2. The van der Waals surface area contributed by atoms with Crippen molar-refractivity contribution in [1.82, 2.24) is 4.57 Å². The van der Waals surface area contributed by atoms with Gasteiger partial charge in [-0.15, -0.1) is 0 Å². The van der Waals surface area contributed by atoms with Crippen molar-refractivity contribution in [2.45, 2.75) is 52.2 Å². The number of carboxylic acids is 1. The van der Waals surface area contributed by atoms with Crippen molar-refractivity contribution in [2.24, 2.45) is 7.05 Å². The molecular weight excluding hydrogens is 406 g/mol. The van der Waals surface area contributed by atoms with Gasteiger partial charge in [0.1, 0.15) is 5.75 Å². The van der Waals surface area contributed by atoms with Crippen molar-refractivity contribution in [1.29, 1.82) is 0 Å². The molecule has 1 aromatic heterocycles. The first kappa shape index (κ1) is 22.1. The van der Waals surface area contributed by atoms with Crippen LogP contribution in [0.25, 0.3) is 21.9 Å². The van der Waals surface area contributed by atoms with Gasteiger partial charge in [-0.1, -0.05) is 24.3 Å². The summed E-state index contributed by atoms with van der Waals surface area (Å²) < 4.78 is 13.3. The molecule has 1 N–H and O–H groups in total. The molecule has 0 unspecified atom stereocenters. The molecule has 0 aliphatic carbocycles. The van der Waals surface area contributed by atoms with Gasteiger partial charge in [-0.25, -0.2) is 4.79 Å².